The highest BCUT2D eigenvalue weighted by Gasteiger charge is 2.34. The molecule has 0 aliphatic carbocycles. The molecule has 0 amide bonds. The van der Waals surface area contributed by atoms with Gasteiger partial charge < -0.3 is 4.74 Å². The molecule has 2 N–H and O–H groups in total. The van der Waals surface area contributed by atoms with Crippen LogP contribution in [0.2, 0.25) is 0 Å². The molecule has 0 bridgehead atoms. The first-order valence-electron chi connectivity index (χ1n) is 5.04. The van der Waals surface area contributed by atoms with Crippen LogP contribution in [0.3, 0.4) is 0 Å². The standard InChI is InChI=1S/C11H13FN2O2/c1-16-11(15)9-6-13-14-10(9)7-2-4-8(12)5-3-7/h2-5,9-10,13-14H,6H2,1H3. The number of benzene rings is 1. The number of methoxy groups -OCH3 is 1. The summed E-state index contributed by atoms with van der Waals surface area (Å²) in [6.07, 6.45) is 0. The summed E-state index contributed by atoms with van der Waals surface area (Å²) in [4.78, 5) is 11.5. The molecule has 0 radical (unpaired) electrons. The quantitative estimate of drug-likeness (QED) is 0.728. The number of carbonyl (C=O) groups excluding carboxylic acids is 1. The largest absolute Gasteiger partial charge is 0.469 e. The summed E-state index contributed by atoms with van der Waals surface area (Å²) in [6, 6.07) is 5.91. The highest BCUT2D eigenvalue weighted by Crippen LogP contribution is 2.25. The predicted molar refractivity (Wildman–Crippen MR) is 55.8 cm³/mol. The minimum Gasteiger partial charge on any atom is -0.469 e. The smallest absolute Gasteiger partial charge is 0.312 e. The number of ether oxygens (including phenoxy) is 1. The number of nitrogens with one attached hydrogen (secondary N) is 2. The average molecular weight is 224 g/mol. The van der Waals surface area contributed by atoms with Crippen molar-refractivity contribution in [1.82, 2.24) is 10.9 Å². The summed E-state index contributed by atoms with van der Waals surface area (Å²) in [7, 11) is 1.36. The fraction of sp³-hybridized carbons (Fsp3) is 0.364. The zero-order valence-corrected chi connectivity index (χ0v) is 8.87. The van der Waals surface area contributed by atoms with Gasteiger partial charge in [0.05, 0.1) is 19.1 Å². The molecular weight excluding hydrogens is 211 g/mol. The van der Waals surface area contributed by atoms with Crippen LogP contribution >= 0.6 is 0 Å². The van der Waals surface area contributed by atoms with Crippen LogP contribution in [0.4, 0.5) is 4.39 Å². The monoisotopic (exact) mass is 224 g/mol. The zero-order valence-electron chi connectivity index (χ0n) is 8.87. The molecule has 1 aliphatic heterocycles. The molecule has 4 nitrogen and oxygen atoms in total. The first-order chi connectivity index (χ1) is 7.72. The van der Waals surface area contributed by atoms with Crippen molar-refractivity contribution >= 4 is 5.97 Å². The number of hydrazine groups is 1. The minimum absolute atomic E-state index is 0.173. The molecule has 1 aromatic carbocycles. The van der Waals surface area contributed by atoms with Gasteiger partial charge in [-0.15, -0.1) is 0 Å². The molecule has 1 heterocycles. The molecular formula is C11H13FN2O2. The molecule has 1 saturated heterocycles. The van der Waals surface area contributed by atoms with Crippen LogP contribution in [0, 0.1) is 11.7 Å². The second-order valence-electron chi connectivity index (χ2n) is 3.68. The summed E-state index contributed by atoms with van der Waals surface area (Å²) < 4.78 is 17.5. The highest BCUT2D eigenvalue weighted by atomic mass is 19.1. The lowest BCUT2D eigenvalue weighted by Crippen LogP contribution is -2.26. The van der Waals surface area contributed by atoms with Crippen LogP contribution in [0.1, 0.15) is 11.6 Å². The Kier molecular flexibility index (Phi) is 3.17. The molecule has 1 fully saturated rings. The molecule has 2 unspecified atom stereocenters. The van der Waals surface area contributed by atoms with E-state index in [9.17, 15) is 9.18 Å². The van der Waals surface area contributed by atoms with Crippen molar-refractivity contribution in [2.24, 2.45) is 5.92 Å². The fourth-order valence-corrected chi connectivity index (χ4v) is 1.85. The predicted octanol–water partition coefficient (Wildman–Crippen LogP) is 0.764. The minimum atomic E-state index is -0.288. The van der Waals surface area contributed by atoms with Gasteiger partial charge in [-0.2, -0.15) is 0 Å². The lowest BCUT2D eigenvalue weighted by atomic mass is 9.95. The van der Waals surface area contributed by atoms with Crippen LogP contribution in [0.5, 0.6) is 0 Å². The number of carbonyl (C=O) groups is 1. The Bertz CT molecular complexity index is 380. The van der Waals surface area contributed by atoms with E-state index in [0.29, 0.717) is 6.54 Å². The lowest BCUT2D eigenvalue weighted by molar-refractivity contribution is -0.145. The van der Waals surface area contributed by atoms with Gasteiger partial charge in [-0.05, 0) is 17.7 Å². The second-order valence-corrected chi connectivity index (χ2v) is 3.68. The zero-order chi connectivity index (χ0) is 11.5. The van der Waals surface area contributed by atoms with E-state index in [0.717, 1.165) is 5.56 Å². The van der Waals surface area contributed by atoms with Crippen molar-refractivity contribution in [3.63, 3.8) is 0 Å². The summed E-state index contributed by atoms with van der Waals surface area (Å²) in [5, 5.41) is 0. The van der Waals surface area contributed by atoms with Crippen LogP contribution < -0.4 is 10.9 Å². The van der Waals surface area contributed by atoms with Crippen LogP contribution in [0.15, 0.2) is 24.3 Å². The SMILES string of the molecule is COC(=O)C1CNNC1c1ccc(F)cc1. The van der Waals surface area contributed by atoms with E-state index in [2.05, 4.69) is 10.9 Å². The Balaban J connectivity index is 2.19. The van der Waals surface area contributed by atoms with Gasteiger partial charge in [-0.3, -0.25) is 10.2 Å². The van der Waals surface area contributed by atoms with E-state index in [4.69, 9.17) is 4.74 Å². The van der Waals surface area contributed by atoms with E-state index in [1.807, 2.05) is 0 Å². The topological polar surface area (TPSA) is 50.4 Å². The van der Waals surface area contributed by atoms with Crippen molar-refractivity contribution in [2.45, 2.75) is 6.04 Å². The van der Waals surface area contributed by atoms with Gasteiger partial charge in [0.1, 0.15) is 5.82 Å². The number of halogens is 1. The Labute approximate surface area is 92.8 Å². The summed E-state index contributed by atoms with van der Waals surface area (Å²) >= 11 is 0. The Morgan fingerprint density at radius 1 is 1.44 bits per heavy atom. The van der Waals surface area contributed by atoms with E-state index < -0.39 is 0 Å². The van der Waals surface area contributed by atoms with Gasteiger partial charge in [0, 0.05) is 6.54 Å². The second kappa shape index (κ2) is 4.59. The van der Waals surface area contributed by atoms with Gasteiger partial charge in [0.15, 0.2) is 0 Å². The maximum Gasteiger partial charge on any atom is 0.312 e. The molecule has 0 saturated carbocycles. The van der Waals surface area contributed by atoms with Crippen molar-refractivity contribution < 1.29 is 13.9 Å². The van der Waals surface area contributed by atoms with Crippen molar-refractivity contribution in [3.8, 4) is 0 Å². The van der Waals surface area contributed by atoms with Crippen molar-refractivity contribution in [3.05, 3.63) is 35.6 Å². The van der Waals surface area contributed by atoms with E-state index in [1.54, 1.807) is 12.1 Å². The van der Waals surface area contributed by atoms with Gasteiger partial charge in [0.25, 0.3) is 0 Å². The Morgan fingerprint density at radius 3 is 2.75 bits per heavy atom. The van der Waals surface area contributed by atoms with Crippen LogP contribution in [-0.2, 0) is 9.53 Å². The Hall–Kier alpha value is -1.46. The molecule has 2 rings (SSSR count). The van der Waals surface area contributed by atoms with Gasteiger partial charge in [0.2, 0.25) is 0 Å². The third-order valence-corrected chi connectivity index (χ3v) is 2.71. The van der Waals surface area contributed by atoms with Gasteiger partial charge >= 0.3 is 5.97 Å². The first kappa shape index (κ1) is 11.0. The summed E-state index contributed by atoms with van der Waals surface area (Å²) in [5.74, 6) is -0.841. The number of hydrogen-bond donors (Lipinski definition) is 2. The Morgan fingerprint density at radius 2 is 2.12 bits per heavy atom. The highest BCUT2D eigenvalue weighted by molar-refractivity contribution is 5.74. The van der Waals surface area contributed by atoms with Crippen LogP contribution in [0.25, 0.3) is 0 Å². The number of hydrogen-bond acceptors (Lipinski definition) is 4. The van der Waals surface area contributed by atoms with Gasteiger partial charge in [-0.1, -0.05) is 12.1 Å². The first-order valence-corrected chi connectivity index (χ1v) is 5.04. The molecule has 86 valence electrons. The van der Waals surface area contributed by atoms with E-state index in [-0.39, 0.29) is 23.7 Å². The molecule has 0 aromatic heterocycles. The summed E-state index contributed by atoms with van der Waals surface area (Å²) in [6.45, 7) is 0.509. The molecule has 1 aromatic rings. The maximum atomic E-state index is 12.8. The normalized spacial score (nSPS) is 24.4. The van der Waals surface area contributed by atoms with Crippen LogP contribution in [-0.4, -0.2) is 19.6 Å². The summed E-state index contributed by atoms with van der Waals surface area (Å²) in [5.41, 5.74) is 6.75. The molecule has 1 aliphatic rings. The number of esters is 1. The molecule has 5 heteroatoms. The van der Waals surface area contributed by atoms with E-state index in [1.165, 1.54) is 19.2 Å². The number of rotatable bonds is 2. The molecule has 2 atom stereocenters. The lowest BCUT2D eigenvalue weighted by Gasteiger charge is -2.16. The molecule has 0 spiro atoms. The van der Waals surface area contributed by atoms with Crippen molar-refractivity contribution in [1.29, 1.82) is 0 Å². The van der Waals surface area contributed by atoms with E-state index >= 15 is 0 Å². The maximum absolute atomic E-state index is 12.8. The molecule has 16 heavy (non-hydrogen) atoms. The van der Waals surface area contributed by atoms with Gasteiger partial charge in [-0.25, -0.2) is 9.82 Å². The fourth-order valence-electron chi connectivity index (χ4n) is 1.85. The third kappa shape index (κ3) is 2.05. The average Bonchev–Trinajstić information content (AvgIpc) is 2.78. The third-order valence-electron chi connectivity index (χ3n) is 2.71. The van der Waals surface area contributed by atoms with Crippen molar-refractivity contribution in [2.75, 3.05) is 13.7 Å².